The lowest BCUT2D eigenvalue weighted by Crippen LogP contribution is -2.40. The van der Waals surface area contributed by atoms with E-state index in [1.165, 1.54) is 18.2 Å². The van der Waals surface area contributed by atoms with Gasteiger partial charge >= 0.3 is 0 Å². The van der Waals surface area contributed by atoms with Crippen LogP contribution >= 0.6 is 11.6 Å². The van der Waals surface area contributed by atoms with Crippen LogP contribution in [-0.2, 0) is 11.3 Å². The molecule has 4 rings (SSSR count). The second kappa shape index (κ2) is 9.23. The van der Waals surface area contributed by atoms with Gasteiger partial charge in [0, 0.05) is 24.2 Å². The van der Waals surface area contributed by atoms with Crippen LogP contribution in [0, 0.1) is 16.0 Å². The maximum atomic E-state index is 12.8. The number of benzene rings is 2. The molecule has 1 amide bonds. The Morgan fingerprint density at radius 3 is 2.87 bits per heavy atom. The molecule has 0 saturated carbocycles. The van der Waals surface area contributed by atoms with E-state index in [4.69, 9.17) is 16.1 Å². The number of non-ortho nitro benzene ring substituents is 1. The first-order chi connectivity index (χ1) is 15.0. The van der Waals surface area contributed by atoms with Crippen LogP contribution in [0.15, 0.2) is 53.1 Å². The van der Waals surface area contributed by atoms with E-state index in [1.807, 2.05) is 30.3 Å². The van der Waals surface area contributed by atoms with Crippen LogP contribution in [0.3, 0.4) is 0 Å². The zero-order valence-electron chi connectivity index (χ0n) is 16.5. The molecule has 1 aromatic heterocycles. The molecule has 0 spiro atoms. The average molecular weight is 442 g/mol. The van der Waals surface area contributed by atoms with Crippen molar-refractivity contribution in [1.29, 1.82) is 0 Å². The highest BCUT2D eigenvalue weighted by molar-refractivity contribution is 6.33. The Kier molecular flexibility index (Phi) is 6.24. The Morgan fingerprint density at radius 2 is 2.10 bits per heavy atom. The van der Waals surface area contributed by atoms with Crippen LogP contribution in [0.4, 0.5) is 11.4 Å². The first kappa shape index (κ1) is 21.0. The van der Waals surface area contributed by atoms with Gasteiger partial charge in [0.15, 0.2) is 0 Å². The van der Waals surface area contributed by atoms with Crippen LogP contribution in [0.5, 0.6) is 0 Å². The van der Waals surface area contributed by atoms with Gasteiger partial charge in [-0.25, -0.2) is 0 Å². The van der Waals surface area contributed by atoms with Crippen molar-refractivity contribution in [3.05, 3.63) is 69.6 Å². The molecule has 2 heterocycles. The number of likely N-dealkylation sites (tertiary alicyclic amines) is 1. The van der Waals surface area contributed by atoms with Crippen molar-refractivity contribution >= 4 is 28.9 Å². The molecule has 10 heteroatoms. The van der Waals surface area contributed by atoms with Gasteiger partial charge in [-0.05, 0) is 25.5 Å². The molecule has 1 aliphatic rings. The number of amides is 1. The zero-order valence-corrected chi connectivity index (χ0v) is 17.3. The molecule has 2 aromatic carbocycles. The molecular weight excluding hydrogens is 422 g/mol. The number of nitro benzene ring substituents is 1. The van der Waals surface area contributed by atoms with Crippen LogP contribution in [0.25, 0.3) is 11.4 Å². The molecule has 0 aliphatic carbocycles. The number of halogens is 1. The molecule has 1 fully saturated rings. The SMILES string of the molecule is O=C(Nc1cc([N+](=O)[O-])ccc1Cl)C1CCCN(Cc2nc(-c3ccccc3)no2)C1. The van der Waals surface area contributed by atoms with Gasteiger partial charge in [0.25, 0.3) is 5.69 Å². The first-order valence-corrected chi connectivity index (χ1v) is 10.2. The molecular formula is C21H20ClN5O4. The highest BCUT2D eigenvalue weighted by atomic mass is 35.5. The summed E-state index contributed by atoms with van der Waals surface area (Å²) in [6.45, 7) is 1.77. The van der Waals surface area contributed by atoms with Crippen LogP contribution in [0.2, 0.25) is 5.02 Å². The molecule has 1 atom stereocenters. The standard InChI is InChI=1S/C21H20ClN5O4/c22-17-9-8-16(27(29)30)11-18(17)23-21(28)15-7-4-10-26(12-15)13-19-24-20(25-31-19)14-5-2-1-3-6-14/h1-3,5-6,8-9,11,15H,4,7,10,12-13H2,(H,23,28). The van der Waals surface area contributed by atoms with Gasteiger partial charge in [-0.3, -0.25) is 19.8 Å². The van der Waals surface area contributed by atoms with E-state index in [1.54, 1.807) is 0 Å². The minimum Gasteiger partial charge on any atom is -0.338 e. The van der Waals surface area contributed by atoms with E-state index in [0.717, 1.165) is 18.5 Å². The number of anilines is 1. The van der Waals surface area contributed by atoms with Gasteiger partial charge in [0.1, 0.15) is 0 Å². The Labute approximate surface area is 183 Å². The average Bonchev–Trinajstić information content (AvgIpc) is 3.24. The monoisotopic (exact) mass is 441 g/mol. The highest BCUT2D eigenvalue weighted by Crippen LogP contribution is 2.28. The van der Waals surface area contributed by atoms with Crippen LogP contribution in [0.1, 0.15) is 18.7 Å². The number of aromatic nitrogens is 2. The molecule has 1 aliphatic heterocycles. The summed E-state index contributed by atoms with van der Waals surface area (Å²) in [7, 11) is 0. The summed E-state index contributed by atoms with van der Waals surface area (Å²) in [6, 6.07) is 13.5. The Morgan fingerprint density at radius 1 is 1.29 bits per heavy atom. The van der Waals surface area contributed by atoms with Gasteiger partial charge in [0.2, 0.25) is 17.6 Å². The first-order valence-electron chi connectivity index (χ1n) is 9.85. The van der Waals surface area contributed by atoms with E-state index in [-0.39, 0.29) is 28.2 Å². The van der Waals surface area contributed by atoms with Crippen molar-refractivity contribution in [1.82, 2.24) is 15.0 Å². The topological polar surface area (TPSA) is 114 Å². The van der Waals surface area contributed by atoms with Crippen molar-refractivity contribution in [3.8, 4) is 11.4 Å². The lowest BCUT2D eigenvalue weighted by Gasteiger charge is -2.30. The third-order valence-corrected chi connectivity index (χ3v) is 5.48. The summed E-state index contributed by atoms with van der Waals surface area (Å²) in [5, 5.41) is 18.0. The fourth-order valence-electron chi connectivity index (χ4n) is 3.59. The van der Waals surface area contributed by atoms with Gasteiger partial charge in [-0.15, -0.1) is 0 Å². The summed E-state index contributed by atoms with van der Waals surface area (Å²) in [4.78, 5) is 29.8. The molecule has 160 valence electrons. The number of nitro groups is 1. The Balaban J connectivity index is 1.39. The molecule has 1 N–H and O–H groups in total. The second-order valence-corrected chi connectivity index (χ2v) is 7.77. The molecule has 3 aromatic rings. The quantitative estimate of drug-likeness (QED) is 0.451. The number of carbonyl (C=O) groups excluding carboxylic acids is 1. The van der Waals surface area contributed by atoms with Crippen LogP contribution < -0.4 is 5.32 Å². The minimum absolute atomic E-state index is 0.129. The molecule has 31 heavy (non-hydrogen) atoms. The summed E-state index contributed by atoms with van der Waals surface area (Å²) < 4.78 is 5.38. The lowest BCUT2D eigenvalue weighted by atomic mass is 9.97. The van der Waals surface area contributed by atoms with Crippen molar-refractivity contribution in [2.24, 2.45) is 5.92 Å². The van der Waals surface area contributed by atoms with Crippen molar-refractivity contribution in [2.45, 2.75) is 19.4 Å². The summed E-state index contributed by atoms with van der Waals surface area (Å²) >= 11 is 6.10. The largest absolute Gasteiger partial charge is 0.338 e. The van der Waals surface area contributed by atoms with Gasteiger partial charge in [0.05, 0.1) is 28.1 Å². The number of rotatable bonds is 6. The van der Waals surface area contributed by atoms with Gasteiger partial charge < -0.3 is 9.84 Å². The lowest BCUT2D eigenvalue weighted by molar-refractivity contribution is -0.384. The smallest absolute Gasteiger partial charge is 0.271 e. The maximum Gasteiger partial charge on any atom is 0.271 e. The third-order valence-electron chi connectivity index (χ3n) is 5.15. The molecule has 0 radical (unpaired) electrons. The van der Waals surface area contributed by atoms with Gasteiger partial charge in [-0.1, -0.05) is 47.1 Å². The molecule has 1 saturated heterocycles. The van der Waals surface area contributed by atoms with E-state index < -0.39 is 4.92 Å². The zero-order chi connectivity index (χ0) is 21.8. The van der Waals surface area contributed by atoms with Crippen molar-refractivity contribution in [2.75, 3.05) is 18.4 Å². The fourth-order valence-corrected chi connectivity index (χ4v) is 3.75. The van der Waals surface area contributed by atoms with E-state index in [2.05, 4.69) is 20.4 Å². The maximum absolute atomic E-state index is 12.8. The molecule has 9 nitrogen and oxygen atoms in total. The van der Waals surface area contributed by atoms with E-state index in [0.29, 0.717) is 31.2 Å². The van der Waals surface area contributed by atoms with Crippen molar-refractivity contribution in [3.63, 3.8) is 0 Å². The predicted molar refractivity (Wildman–Crippen MR) is 114 cm³/mol. The summed E-state index contributed by atoms with van der Waals surface area (Å²) in [6.07, 6.45) is 1.55. The normalized spacial score (nSPS) is 16.7. The van der Waals surface area contributed by atoms with E-state index in [9.17, 15) is 14.9 Å². The Bertz CT molecular complexity index is 1090. The van der Waals surface area contributed by atoms with Crippen molar-refractivity contribution < 1.29 is 14.2 Å². The number of piperidine rings is 1. The molecule has 0 bridgehead atoms. The summed E-state index contributed by atoms with van der Waals surface area (Å²) in [5.74, 6) is 0.520. The minimum atomic E-state index is -0.525. The van der Waals surface area contributed by atoms with Crippen LogP contribution in [-0.4, -0.2) is 39.0 Å². The summed E-state index contributed by atoms with van der Waals surface area (Å²) in [5.41, 5.74) is 0.986. The highest BCUT2D eigenvalue weighted by Gasteiger charge is 2.27. The number of hydrogen-bond donors (Lipinski definition) is 1. The second-order valence-electron chi connectivity index (χ2n) is 7.36. The third kappa shape index (κ3) is 5.07. The fraction of sp³-hybridized carbons (Fsp3) is 0.286. The van der Waals surface area contributed by atoms with Gasteiger partial charge in [-0.2, -0.15) is 4.98 Å². The number of hydrogen-bond acceptors (Lipinski definition) is 7. The number of nitrogens with one attached hydrogen (secondary N) is 1. The van der Waals surface area contributed by atoms with E-state index >= 15 is 0 Å². The molecule has 1 unspecified atom stereocenters. The number of carbonyl (C=O) groups is 1. The Hall–Kier alpha value is -3.30. The predicted octanol–water partition coefficient (Wildman–Crippen LogP) is 4.15. The number of nitrogens with zero attached hydrogens (tertiary/aromatic N) is 4.